The maximum atomic E-state index is 10.9. The van der Waals surface area contributed by atoms with Crippen LogP contribution in [0.1, 0.15) is 39.0 Å². The van der Waals surface area contributed by atoms with Crippen molar-refractivity contribution >= 4 is 11.6 Å². The van der Waals surface area contributed by atoms with Crippen molar-refractivity contribution < 1.29 is 14.7 Å². The van der Waals surface area contributed by atoms with E-state index in [0.29, 0.717) is 11.4 Å². The Morgan fingerprint density at radius 2 is 1.48 bits per heavy atom. The van der Waals surface area contributed by atoms with Gasteiger partial charge in [-0.25, -0.2) is 0 Å². The number of aliphatic hydroxyl groups excluding tert-OH is 1. The van der Waals surface area contributed by atoms with Gasteiger partial charge in [0.2, 0.25) is 5.78 Å². The predicted molar refractivity (Wildman–Crippen MR) is 79.4 cm³/mol. The monoisotopic (exact) mass is 286 g/mol. The molecule has 5 nitrogen and oxygen atoms in total. The number of Topliss-reactive ketones (excluding diaryl/α,β-unsaturated/α-hetero) is 2. The Morgan fingerprint density at radius 1 is 1.00 bits per heavy atom. The van der Waals surface area contributed by atoms with Crippen LogP contribution in [0.25, 0.3) is 0 Å². The molecule has 110 valence electrons. The summed E-state index contributed by atoms with van der Waals surface area (Å²) < 4.78 is 0. The Kier molecular flexibility index (Phi) is 6.36. The van der Waals surface area contributed by atoms with E-state index in [1.165, 1.54) is 6.92 Å². The van der Waals surface area contributed by atoms with Gasteiger partial charge in [0.05, 0.1) is 0 Å². The number of pyridine rings is 2. The molecule has 0 saturated heterocycles. The van der Waals surface area contributed by atoms with Crippen LogP contribution in [-0.4, -0.2) is 33.2 Å². The van der Waals surface area contributed by atoms with E-state index in [0.717, 1.165) is 11.1 Å². The average molecular weight is 286 g/mol. The number of aromatic nitrogens is 2. The number of carbonyl (C=O) groups is 2. The van der Waals surface area contributed by atoms with Crippen molar-refractivity contribution in [2.45, 2.75) is 20.8 Å². The summed E-state index contributed by atoms with van der Waals surface area (Å²) >= 11 is 0. The van der Waals surface area contributed by atoms with E-state index in [1.807, 2.05) is 19.9 Å². The van der Waals surface area contributed by atoms with Crippen LogP contribution in [0.2, 0.25) is 0 Å². The molecule has 0 bridgehead atoms. The third kappa shape index (κ3) is 5.62. The van der Waals surface area contributed by atoms with Gasteiger partial charge in [0.25, 0.3) is 0 Å². The highest BCUT2D eigenvalue weighted by atomic mass is 16.3. The maximum Gasteiger partial charge on any atom is 0.206 e. The van der Waals surface area contributed by atoms with E-state index in [1.54, 1.807) is 30.6 Å². The zero-order valence-electron chi connectivity index (χ0n) is 12.3. The summed E-state index contributed by atoms with van der Waals surface area (Å²) in [5, 5.41) is 8.49. The molecule has 2 heterocycles. The van der Waals surface area contributed by atoms with Crippen LogP contribution < -0.4 is 0 Å². The van der Waals surface area contributed by atoms with Gasteiger partial charge in [0.1, 0.15) is 18.0 Å². The summed E-state index contributed by atoms with van der Waals surface area (Å²) in [6.45, 7) is 4.85. The van der Waals surface area contributed by atoms with Crippen molar-refractivity contribution in [3.63, 3.8) is 0 Å². The molecule has 0 radical (unpaired) electrons. The Balaban J connectivity index is 0.000000211. The van der Waals surface area contributed by atoms with E-state index in [2.05, 4.69) is 9.97 Å². The lowest BCUT2D eigenvalue weighted by Gasteiger charge is -1.96. The quantitative estimate of drug-likeness (QED) is 0.874. The number of rotatable bonds is 3. The number of ketones is 2. The van der Waals surface area contributed by atoms with Crippen molar-refractivity contribution in [1.29, 1.82) is 0 Å². The lowest BCUT2D eigenvalue weighted by atomic mass is 10.2. The number of aryl methyl sites for hydroxylation is 2. The first-order valence-electron chi connectivity index (χ1n) is 6.44. The lowest BCUT2D eigenvalue weighted by molar-refractivity contribution is 0.0898. The Hall–Kier alpha value is -2.40. The molecule has 2 rings (SSSR count). The fraction of sp³-hybridized carbons (Fsp3) is 0.250. The second-order valence-corrected chi connectivity index (χ2v) is 4.57. The van der Waals surface area contributed by atoms with Crippen LogP contribution in [0.15, 0.2) is 36.7 Å². The number of aliphatic hydroxyl groups is 1. The number of nitrogens with zero attached hydrogens (tertiary/aromatic N) is 2. The highest BCUT2D eigenvalue weighted by Gasteiger charge is 2.03. The Morgan fingerprint density at radius 3 is 1.86 bits per heavy atom. The second-order valence-electron chi connectivity index (χ2n) is 4.57. The zero-order chi connectivity index (χ0) is 15.8. The summed E-state index contributed by atoms with van der Waals surface area (Å²) in [6, 6.07) is 7.10. The maximum absolute atomic E-state index is 10.9. The molecular formula is C16H18N2O3. The average Bonchev–Trinajstić information content (AvgIpc) is 2.47. The molecule has 0 atom stereocenters. The molecule has 0 spiro atoms. The minimum Gasteiger partial charge on any atom is -0.388 e. The molecule has 2 aromatic heterocycles. The molecule has 0 aromatic carbocycles. The summed E-state index contributed by atoms with van der Waals surface area (Å²) in [5.74, 6) is -0.322. The lowest BCUT2D eigenvalue weighted by Crippen LogP contribution is -2.06. The first kappa shape index (κ1) is 16.7. The summed E-state index contributed by atoms with van der Waals surface area (Å²) in [5.41, 5.74) is 2.91. The SMILES string of the molecule is CC(=O)c1cc(C)ccn1.Cc1ccnc(C(=O)CO)c1. The Labute approximate surface area is 123 Å². The van der Waals surface area contributed by atoms with Gasteiger partial charge in [-0.2, -0.15) is 0 Å². The molecule has 2 aromatic rings. The van der Waals surface area contributed by atoms with E-state index >= 15 is 0 Å². The minimum atomic E-state index is -0.476. The molecule has 0 saturated carbocycles. The van der Waals surface area contributed by atoms with Gasteiger partial charge in [0.15, 0.2) is 5.78 Å². The van der Waals surface area contributed by atoms with Crippen molar-refractivity contribution in [2.24, 2.45) is 0 Å². The minimum absolute atomic E-state index is 0.0173. The van der Waals surface area contributed by atoms with Crippen LogP contribution in [0.5, 0.6) is 0 Å². The van der Waals surface area contributed by atoms with Crippen LogP contribution >= 0.6 is 0 Å². The van der Waals surface area contributed by atoms with Crippen LogP contribution in [0.3, 0.4) is 0 Å². The van der Waals surface area contributed by atoms with Crippen LogP contribution in [-0.2, 0) is 0 Å². The van der Waals surface area contributed by atoms with Gasteiger partial charge < -0.3 is 5.11 Å². The van der Waals surface area contributed by atoms with Crippen molar-refractivity contribution in [3.8, 4) is 0 Å². The third-order valence-electron chi connectivity index (χ3n) is 2.62. The largest absolute Gasteiger partial charge is 0.388 e. The van der Waals surface area contributed by atoms with Gasteiger partial charge in [0, 0.05) is 19.3 Å². The first-order chi connectivity index (χ1) is 9.93. The predicted octanol–water partition coefficient (Wildman–Crippen LogP) is 2.16. The molecular weight excluding hydrogens is 268 g/mol. The van der Waals surface area contributed by atoms with E-state index in [9.17, 15) is 9.59 Å². The highest BCUT2D eigenvalue weighted by Crippen LogP contribution is 2.00. The van der Waals surface area contributed by atoms with Crippen molar-refractivity contribution in [3.05, 3.63) is 59.2 Å². The van der Waals surface area contributed by atoms with Crippen molar-refractivity contribution in [1.82, 2.24) is 9.97 Å². The summed E-state index contributed by atoms with van der Waals surface area (Å²) in [4.78, 5) is 29.3. The highest BCUT2D eigenvalue weighted by molar-refractivity contribution is 5.95. The molecule has 0 unspecified atom stereocenters. The molecule has 5 heteroatoms. The smallest absolute Gasteiger partial charge is 0.206 e. The van der Waals surface area contributed by atoms with E-state index in [-0.39, 0.29) is 11.6 Å². The van der Waals surface area contributed by atoms with Crippen molar-refractivity contribution in [2.75, 3.05) is 6.61 Å². The Bertz CT molecular complexity index is 639. The topological polar surface area (TPSA) is 80.2 Å². The van der Waals surface area contributed by atoms with Gasteiger partial charge >= 0.3 is 0 Å². The first-order valence-corrected chi connectivity index (χ1v) is 6.44. The molecule has 0 aliphatic rings. The number of hydrogen-bond donors (Lipinski definition) is 1. The van der Waals surface area contributed by atoms with Gasteiger partial charge in [-0.1, -0.05) is 0 Å². The standard InChI is InChI=1S/C8H9NO2.C8H9NO/c1-6-2-3-9-7(4-6)8(11)5-10;1-6-3-4-9-8(5-6)7(2)10/h2-4,10H,5H2,1H3;3-5H,1-2H3. The number of hydrogen-bond acceptors (Lipinski definition) is 5. The van der Waals surface area contributed by atoms with Crippen LogP contribution in [0.4, 0.5) is 0 Å². The summed E-state index contributed by atoms with van der Waals surface area (Å²) in [6.07, 6.45) is 3.20. The molecule has 0 fully saturated rings. The molecule has 1 N–H and O–H groups in total. The zero-order valence-corrected chi connectivity index (χ0v) is 12.3. The molecule has 0 aliphatic heterocycles. The normalized spacial score (nSPS) is 9.52. The number of carbonyl (C=O) groups excluding carboxylic acids is 2. The van der Waals surface area contributed by atoms with Gasteiger partial charge in [-0.15, -0.1) is 0 Å². The molecule has 0 amide bonds. The van der Waals surface area contributed by atoms with Crippen LogP contribution in [0, 0.1) is 13.8 Å². The molecule has 21 heavy (non-hydrogen) atoms. The fourth-order valence-corrected chi connectivity index (χ4v) is 1.50. The van der Waals surface area contributed by atoms with Gasteiger partial charge in [-0.3, -0.25) is 19.6 Å². The third-order valence-corrected chi connectivity index (χ3v) is 2.62. The van der Waals surface area contributed by atoms with Gasteiger partial charge in [-0.05, 0) is 49.2 Å². The fourth-order valence-electron chi connectivity index (χ4n) is 1.50. The van der Waals surface area contributed by atoms with E-state index in [4.69, 9.17) is 5.11 Å². The summed E-state index contributed by atoms with van der Waals surface area (Å²) in [7, 11) is 0. The molecule has 0 aliphatic carbocycles. The second kappa shape index (κ2) is 8.01. The van der Waals surface area contributed by atoms with E-state index < -0.39 is 6.61 Å².